The summed E-state index contributed by atoms with van der Waals surface area (Å²) in [5.74, 6) is 0.404. The Morgan fingerprint density at radius 3 is 2.75 bits per heavy atom. The van der Waals surface area contributed by atoms with E-state index in [2.05, 4.69) is 24.5 Å². The Balaban J connectivity index is 0.00000208. The molecule has 0 radical (unpaired) electrons. The number of halogens is 1. The molecule has 1 fully saturated rings. The fourth-order valence-corrected chi connectivity index (χ4v) is 2.97. The monoisotopic (exact) mass is 348 g/mol. The van der Waals surface area contributed by atoms with Crippen molar-refractivity contribution in [3.63, 3.8) is 0 Å². The Hall–Kier alpha value is -1.85. The molecular formula is C18H25ClN4O. The van der Waals surface area contributed by atoms with Crippen molar-refractivity contribution in [3.8, 4) is 5.69 Å². The number of nitrogens with one attached hydrogen (secondary N) is 2. The number of aromatic nitrogens is 2. The van der Waals surface area contributed by atoms with Crippen LogP contribution >= 0.6 is 12.4 Å². The number of nitrogens with zero attached hydrogens (tertiary/aromatic N) is 2. The van der Waals surface area contributed by atoms with Gasteiger partial charge in [-0.05, 0) is 37.4 Å². The van der Waals surface area contributed by atoms with E-state index >= 15 is 0 Å². The van der Waals surface area contributed by atoms with Crippen LogP contribution in [0.2, 0.25) is 0 Å². The average molecular weight is 349 g/mol. The van der Waals surface area contributed by atoms with E-state index in [1.165, 1.54) is 0 Å². The maximum atomic E-state index is 12.2. The molecule has 1 saturated heterocycles. The first-order valence-corrected chi connectivity index (χ1v) is 8.30. The Labute approximate surface area is 149 Å². The third kappa shape index (κ3) is 4.16. The van der Waals surface area contributed by atoms with Gasteiger partial charge in [0, 0.05) is 18.3 Å². The highest BCUT2D eigenvalue weighted by Crippen LogP contribution is 2.20. The first kappa shape index (κ1) is 18.5. The third-order valence-electron chi connectivity index (χ3n) is 4.22. The lowest BCUT2D eigenvalue weighted by Gasteiger charge is -2.11. The Bertz CT molecular complexity index is 663. The van der Waals surface area contributed by atoms with E-state index in [0.29, 0.717) is 12.5 Å². The Morgan fingerprint density at radius 1 is 1.38 bits per heavy atom. The van der Waals surface area contributed by atoms with Gasteiger partial charge in [0.25, 0.3) is 0 Å². The Kier molecular flexibility index (Phi) is 6.40. The molecular weight excluding hydrogens is 324 g/mol. The lowest BCUT2D eigenvalue weighted by atomic mass is 10.1. The second-order valence-electron chi connectivity index (χ2n) is 6.34. The minimum absolute atomic E-state index is 0. The first-order chi connectivity index (χ1) is 11.1. The molecule has 0 aliphatic carbocycles. The zero-order valence-corrected chi connectivity index (χ0v) is 15.0. The summed E-state index contributed by atoms with van der Waals surface area (Å²) in [5.41, 5.74) is 3.15. The highest BCUT2D eigenvalue weighted by Gasteiger charge is 2.22. The van der Waals surface area contributed by atoms with Crippen LogP contribution in [0.5, 0.6) is 0 Å². The zero-order valence-electron chi connectivity index (χ0n) is 14.2. The molecule has 1 atom stereocenters. The Morgan fingerprint density at radius 2 is 2.12 bits per heavy atom. The van der Waals surface area contributed by atoms with Gasteiger partial charge in [0.1, 0.15) is 0 Å². The summed E-state index contributed by atoms with van der Waals surface area (Å²) in [5, 5.41) is 11.0. The van der Waals surface area contributed by atoms with Gasteiger partial charge in [-0.1, -0.05) is 32.0 Å². The van der Waals surface area contributed by atoms with Crippen LogP contribution in [0.1, 0.15) is 43.9 Å². The van der Waals surface area contributed by atoms with Crippen molar-refractivity contribution in [2.45, 2.75) is 45.2 Å². The normalized spacial score (nSPS) is 16.9. The molecule has 2 N–H and O–H groups in total. The van der Waals surface area contributed by atoms with E-state index in [0.717, 1.165) is 36.3 Å². The summed E-state index contributed by atoms with van der Waals surface area (Å²) < 4.78 is 1.89. The molecule has 1 aromatic heterocycles. The molecule has 5 nitrogen and oxygen atoms in total. The molecule has 2 aromatic rings. The lowest BCUT2D eigenvalue weighted by molar-refractivity contribution is -0.122. The van der Waals surface area contributed by atoms with Crippen LogP contribution in [0.4, 0.5) is 0 Å². The molecule has 1 unspecified atom stereocenters. The number of hydrogen-bond acceptors (Lipinski definition) is 3. The largest absolute Gasteiger partial charge is 0.351 e. The van der Waals surface area contributed by atoms with Crippen LogP contribution in [0.15, 0.2) is 36.5 Å². The van der Waals surface area contributed by atoms with E-state index in [1.807, 2.05) is 41.2 Å². The van der Waals surface area contributed by atoms with Crippen LogP contribution < -0.4 is 10.6 Å². The molecule has 1 aliphatic heterocycles. The molecule has 1 aromatic carbocycles. The average Bonchev–Trinajstić information content (AvgIpc) is 3.23. The predicted molar refractivity (Wildman–Crippen MR) is 97.8 cm³/mol. The van der Waals surface area contributed by atoms with Gasteiger partial charge >= 0.3 is 0 Å². The number of para-hydroxylation sites is 1. The van der Waals surface area contributed by atoms with Crippen molar-refractivity contribution < 1.29 is 4.79 Å². The van der Waals surface area contributed by atoms with Gasteiger partial charge in [-0.2, -0.15) is 5.10 Å². The number of carbonyl (C=O) groups is 1. The fraction of sp³-hybridized carbons (Fsp3) is 0.444. The molecule has 2 heterocycles. The molecule has 0 spiro atoms. The van der Waals surface area contributed by atoms with Gasteiger partial charge in [0.2, 0.25) is 5.91 Å². The van der Waals surface area contributed by atoms with E-state index in [4.69, 9.17) is 5.10 Å². The minimum atomic E-state index is -0.0401. The van der Waals surface area contributed by atoms with Crippen molar-refractivity contribution in [3.05, 3.63) is 47.8 Å². The van der Waals surface area contributed by atoms with Crippen LogP contribution in [0.3, 0.4) is 0 Å². The fourth-order valence-electron chi connectivity index (χ4n) is 2.97. The van der Waals surface area contributed by atoms with E-state index in [1.54, 1.807) is 0 Å². The van der Waals surface area contributed by atoms with Crippen molar-refractivity contribution in [2.24, 2.45) is 0 Å². The smallest absolute Gasteiger partial charge is 0.237 e. The quantitative estimate of drug-likeness (QED) is 0.873. The molecule has 130 valence electrons. The van der Waals surface area contributed by atoms with Crippen molar-refractivity contribution in [2.75, 3.05) is 6.54 Å². The number of rotatable bonds is 5. The maximum Gasteiger partial charge on any atom is 0.237 e. The van der Waals surface area contributed by atoms with E-state index in [9.17, 15) is 4.79 Å². The van der Waals surface area contributed by atoms with E-state index < -0.39 is 0 Å². The first-order valence-electron chi connectivity index (χ1n) is 8.30. The SMILES string of the molecule is CC(C)c1nn(-c2ccccc2)cc1CNC(=O)C1CCCN1.Cl. The van der Waals surface area contributed by atoms with Crippen molar-refractivity contribution >= 4 is 18.3 Å². The van der Waals surface area contributed by atoms with Gasteiger partial charge in [0.05, 0.1) is 17.4 Å². The number of hydrogen-bond donors (Lipinski definition) is 2. The second-order valence-corrected chi connectivity index (χ2v) is 6.34. The summed E-state index contributed by atoms with van der Waals surface area (Å²) in [4.78, 5) is 12.2. The minimum Gasteiger partial charge on any atom is -0.351 e. The molecule has 1 amide bonds. The van der Waals surface area contributed by atoms with Crippen LogP contribution in [0, 0.1) is 0 Å². The molecule has 3 rings (SSSR count). The van der Waals surface area contributed by atoms with Crippen LogP contribution in [0.25, 0.3) is 5.69 Å². The van der Waals surface area contributed by atoms with Crippen LogP contribution in [-0.4, -0.2) is 28.3 Å². The van der Waals surface area contributed by atoms with Gasteiger partial charge < -0.3 is 10.6 Å². The van der Waals surface area contributed by atoms with Crippen LogP contribution in [-0.2, 0) is 11.3 Å². The number of benzene rings is 1. The summed E-state index contributed by atoms with van der Waals surface area (Å²) in [6.07, 6.45) is 4.01. The summed E-state index contributed by atoms with van der Waals surface area (Å²) in [6, 6.07) is 10.0. The van der Waals surface area contributed by atoms with Crippen molar-refractivity contribution in [1.82, 2.24) is 20.4 Å². The topological polar surface area (TPSA) is 59.0 Å². The number of carbonyl (C=O) groups excluding carboxylic acids is 1. The zero-order chi connectivity index (χ0) is 16.2. The maximum absolute atomic E-state index is 12.2. The summed E-state index contributed by atoms with van der Waals surface area (Å²) in [7, 11) is 0. The highest BCUT2D eigenvalue weighted by molar-refractivity contribution is 5.85. The summed E-state index contributed by atoms with van der Waals surface area (Å²) in [6.45, 7) is 5.71. The number of amides is 1. The molecule has 0 saturated carbocycles. The molecule has 1 aliphatic rings. The van der Waals surface area contributed by atoms with Gasteiger partial charge in [-0.15, -0.1) is 12.4 Å². The van der Waals surface area contributed by atoms with Gasteiger partial charge in [0.15, 0.2) is 0 Å². The predicted octanol–water partition coefficient (Wildman–Crippen LogP) is 2.79. The molecule has 24 heavy (non-hydrogen) atoms. The second kappa shape index (κ2) is 8.31. The van der Waals surface area contributed by atoms with Gasteiger partial charge in [-0.25, -0.2) is 4.68 Å². The lowest BCUT2D eigenvalue weighted by Crippen LogP contribution is -2.40. The molecule has 0 bridgehead atoms. The van der Waals surface area contributed by atoms with Crippen molar-refractivity contribution in [1.29, 1.82) is 0 Å². The molecule has 6 heteroatoms. The van der Waals surface area contributed by atoms with Gasteiger partial charge in [-0.3, -0.25) is 4.79 Å². The standard InChI is InChI=1S/C18H24N4O.ClH/c1-13(2)17-14(11-20-18(23)16-9-6-10-19-16)12-22(21-17)15-7-4-3-5-8-15;/h3-5,7-8,12-13,16,19H,6,9-11H2,1-2H3,(H,20,23);1H. The van der Waals surface area contributed by atoms with E-state index in [-0.39, 0.29) is 24.4 Å². The third-order valence-corrected chi connectivity index (χ3v) is 4.22. The highest BCUT2D eigenvalue weighted by atomic mass is 35.5. The summed E-state index contributed by atoms with van der Waals surface area (Å²) >= 11 is 0.